The first kappa shape index (κ1) is 19.0. The second-order valence-corrected chi connectivity index (χ2v) is 7.22. The number of nitrogens with one attached hydrogen (secondary N) is 1. The molecule has 1 heterocycles. The van der Waals surface area contributed by atoms with Crippen LogP contribution in [0.4, 0.5) is 0 Å². The second kappa shape index (κ2) is 9.82. The van der Waals surface area contributed by atoms with E-state index in [-0.39, 0.29) is 17.7 Å². The second-order valence-electron chi connectivity index (χ2n) is 7.22. The Hall–Kier alpha value is -1.36. The van der Waals surface area contributed by atoms with Crippen LogP contribution >= 0.6 is 0 Å². The normalized spacial score (nSPS) is 22.3. The zero-order valence-corrected chi connectivity index (χ0v) is 15.2. The van der Waals surface area contributed by atoms with Crippen LogP contribution in [0.5, 0.6) is 0 Å². The maximum Gasteiger partial charge on any atom is 0.246 e. The van der Waals surface area contributed by atoms with Gasteiger partial charge in [0.2, 0.25) is 11.8 Å². The molecule has 1 saturated carbocycles. The molecule has 0 aromatic heterocycles. The minimum atomic E-state index is 0.0415. The molecule has 1 saturated heterocycles. The van der Waals surface area contributed by atoms with Crippen LogP contribution in [0.15, 0.2) is 11.6 Å². The number of likely N-dealkylation sites (tertiary alicyclic amines) is 1. The molecule has 1 aliphatic heterocycles. The first-order chi connectivity index (χ1) is 11.6. The SMILES string of the molecule is COCCCNC(=O)C1CCN(C(=O)C=C2CCC(C)CC2)CC1. The fourth-order valence-electron chi connectivity index (χ4n) is 3.48. The summed E-state index contributed by atoms with van der Waals surface area (Å²) in [6.45, 7) is 4.99. The Kier molecular flexibility index (Phi) is 7.76. The highest BCUT2D eigenvalue weighted by Crippen LogP contribution is 2.28. The van der Waals surface area contributed by atoms with Gasteiger partial charge in [-0.25, -0.2) is 0 Å². The Balaban J connectivity index is 1.71. The molecule has 5 nitrogen and oxygen atoms in total. The van der Waals surface area contributed by atoms with E-state index >= 15 is 0 Å². The van der Waals surface area contributed by atoms with Crippen LogP contribution < -0.4 is 5.32 Å². The zero-order chi connectivity index (χ0) is 17.4. The molecule has 0 radical (unpaired) electrons. The highest BCUT2D eigenvalue weighted by Gasteiger charge is 2.26. The van der Waals surface area contributed by atoms with Gasteiger partial charge < -0.3 is 15.0 Å². The van der Waals surface area contributed by atoms with Crippen molar-refractivity contribution >= 4 is 11.8 Å². The van der Waals surface area contributed by atoms with Gasteiger partial charge in [0.15, 0.2) is 0 Å². The molecule has 1 N–H and O–H groups in total. The lowest BCUT2D eigenvalue weighted by molar-refractivity contribution is -0.132. The Morgan fingerprint density at radius 2 is 1.88 bits per heavy atom. The number of amides is 2. The lowest BCUT2D eigenvalue weighted by Gasteiger charge is -2.31. The Bertz CT molecular complexity index is 444. The van der Waals surface area contributed by atoms with E-state index in [4.69, 9.17) is 4.74 Å². The molecule has 2 aliphatic rings. The molecular formula is C19H32N2O3. The summed E-state index contributed by atoms with van der Waals surface area (Å²) in [6.07, 6.45) is 8.75. The van der Waals surface area contributed by atoms with Crippen LogP contribution in [0.1, 0.15) is 51.9 Å². The molecule has 0 aromatic rings. The van der Waals surface area contributed by atoms with Gasteiger partial charge >= 0.3 is 0 Å². The van der Waals surface area contributed by atoms with Crippen molar-refractivity contribution in [3.8, 4) is 0 Å². The van der Waals surface area contributed by atoms with Crippen molar-refractivity contribution in [3.05, 3.63) is 11.6 Å². The number of carbonyl (C=O) groups excluding carboxylic acids is 2. The minimum absolute atomic E-state index is 0.0415. The summed E-state index contributed by atoms with van der Waals surface area (Å²) in [7, 11) is 1.66. The number of piperidine rings is 1. The molecule has 136 valence electrons. The van der Waals surface area contributed by atoms with Gasteiger partial charge in [0.1, 0.15) is 0 Å². The number of methoxy groups -OCH3 is 1. The maximum absolute atomic E-state index is 12.4. The third-order valence-corrected chi connectivity index (χ3v) is 5.25. The van der Waals surface area contributed by atoms with Crippen LogP contribution in [0.2, 0.25) is 0 Å². The van der Waals surface area contributed by atoms with E-state index in [1.807, 2.05) is 11.0 Å². The first-order valence-corrected chi connectivity index (χ1v) is 9.35. The molecule has 0 spiro atoms. The molecule has 2 rings (SSSR count). The zero-order valence-electron chi connectivity index (χ0n) is 15.2. The molecular weight excluding hydrogens is 304 g/mol. The minimum Gasteiger partial charge on any atom is -0.385 e. The van der Waals surface area contributed by atoms with Gasteiger partial charge in [-0.1, -0.05) is 12.5 Å². The van der Waals surface area contributed by atoms with Crippen molar-refractivity contribution in [3.63, 3.8) is 0 Å². The van der Waals surface area contributed by atoms with Crippen LogP contribution in [-0.4, -0.2) is 50.1 Å². The van der Waals surface area contributed by atoms with E-state index in [0.717, 1.165) is 38.0 Å². The van der Waals surface area contributed by atoms with Gasteiger partial charge in [-0.3, -0.25) is 9.59 Å². The molecule has 0 bridgehead atoms. The average Bonchev–Trinajstić information content (AvgIpc) is 2.60. The smallest absolute Gasteiger partial charge is 0.246 e. The number of hydrogen-bond acceptors (Lipinski definition) is 3. The van der Waals surface area contributed by atoms with Gasteiger partial charge in [-0.2, -0.15) is 0 Å². The molecule has 2 fully saturated rings. The largest absolute Gasteiger partial charge is 0.385 e. The van der Waals surface area contributed by atoms with E-state index in [1.165, 1.54) is 18.4 Å². The van der Waals surface area contributed by atoms with Crippen LogP contribution in [0.25, 0.3) is 0 Å². The van der Waals surface area contributed by atoms with Crippen molar-refractivity contribution in [1.82, 2.24) is 10.2 Å². The molecule has 24 heavy (non-hydrogen) atoms. The molecule has 1 aliphatic carbocycles. The molecule has 5 heteroatoms. The van der Waals surface area contributed by atoms with Gasteiger partial charge in [0, 0.05) is 45.3 Å². The van der Waals surface area contributed by atoms with Crippen molar-refractivity contribution < 1.29 is 14.3 Å². The fourth-order valence-corrected chi connectivity index (χ4v) is 3.48. The van der Waals surface area contributed by atoms with E-state index in [0.29, 0.717) is 26.2 Å². The van der Waals surface area contributed by atoms with Gasteiger partial charge in [-0.15, -0.1) is 0 Å². The molecule has 0 atom stereocenters. The van der Waals surface area contributed by atoms with Crippen molar-refractivity contribution in [1.29, 1.82) is 0 Å². The standard InChI is InChI=1S/C19H32N2O3/c1-15-4-6-16(7-5-15)14-18(22)21-11-8-17(9-12-21)19(23)20-10-3-13-24-2/h14-15,17H,3-13H2,1-2H3,(H,20,23). The van der Waals surface area contributed by atoms with Crippen molar-refractivity contribution in [2.45, 2.75) is 51.9 Å². The number of rotatable bonds is 6. The highest BCUT2D eigenvalue weighted by molar-refractivity contribution is 5.88. The summed E-state index contributed by atoms with van der Waals surface area (Å²) < 4.78 is 4.98. The third-order valence-electron chi connectivity index (χ3n) is 5.25. The number of allylic oxidation sites excluding steroid dienone is 1. The summed E-state index contributed by atoms with van der Waals surface area (Å²) in [5.74, 6) is 1.09. The van der Waals surface area contributed by atoms with E-state index in [9.17, 15) is 9.59 Å². The first-order valence-electron chi connectivity index (χ1n) is 9.35. The average molecular weight is 336 g/mol. The molecule has 2 amide bonds. The number of carbonyl (C=O) groups is 2. The molecule has 0 aromatic carbocycles. The quantitative estimate of drug-likeness (QED) is 0.599. The lowest BCUT2D eigenvalue weighted by atomic mass is 9.87. The summed E-state index contributed by atoms with van der Waals surface area (Å²) >= 11 is 0. The predicted octanol–water partition coefficient (Wildman–Crippen LogP) is 2.51. The Labute approximate surface area is 145 Å². The predicted molar refractivity (Wildman–Crippen MR) is 94.5 cm³/mol. The van der Waals surface area contributed by atoms with Gasteiger partial charge in [0.25, 0.3) is 0 Å². The van der Waals surface area contributed by atoms with Gasteiger partial charge in [0.05, 0.1) is 0 Å². The van der Waals surface area contributed by atoms with Crippen LogP contribution in [-0.2, 0) is 14.3 Å². The van der Waals surface area contributed by atoms with E-state index in [2.05, 4.69) is 12.2 Å². The van der Waals surface area contributed by atoms with Gasteiger partial charge in [-0.05, 0) is 50.9 Å². The van der Waals surface area contributed by atoms with Crippen LogP contribution in [0, 0.1) is 11.8 Å². The lowest BCUT2D eigenvalue weighted by Crippen LogP contribution is -2.42. The summed E-state index contributed by atoms with van der Waals surface area (Å²) in [4.78, 5) is 26.4. The van der Waals surface area contributed by atoms with Crippen molar-refractivity contribution in [2.75, 3.05) is 33.4 Å². The summed E-state index contributed by atoms with van der Waals surface area (Å²) in [6, 6.07) is 0. The van der Waals surface area contributed by atoms with E-state index < -0.39 is 0 Å². The van der Waals surface area contributed by atoms with E-state index in [1.54, 1.807) is 7.11 Å². The number of hydrogen-bond donors (Lipinski definition) is 1. The summed E-state index contributed by atoms with van der Waals surface area (Å²) in [5, 5.41) is 2.97. The Morgan fingerprint density at radius 1 is 1.21 bits per heavy atom. The van der Waals surface area contributed by atoms with Crippen molar-refractivity contribution in [2.24, 2.45) is 11.8 Å². The van der Waals surface area contributed by atoms with Crippen LogP contribution in [0.3, 0.4) is 0 Å². The highest BCUT2D eigenvalue weighted by atomic mass is 16.5. The number of nitrogens with zero attached hydrogens (tertiary/aromatic N) is 1. The topological polar surface area (TPSA) is 58.6 Å². The maximum atomic E-state index is 12.4. The Morgan fingerprint density at radius 3 is 2.50 bits per heavy atom. The third kappa shape index (κ3) is 5.93. The fraction of sp³-hybridized carbons (Fsp3) is 0.789. The number of ether oxygens (including phenoxy) is 1. The monoisotopic (exact) mass is 336 g/mol. The summed E-state index contributed by atoms with van der Waals surface area (Å²) in [5.41, 5.74) is 1.30. The molecule has 0 unspecified atom stereocenters.